The van der Waals surface area contributed by atoms with Crippen molar-refractivity contribution in [2.75, 3.05) is 6.54 Å². The zero-order valence-corrected chi connectivity index (χ0v) is 13.7. The first-order valence-electron chi connectivity index (χ1n) is 6.81. The molecule has 0 bridgehead atoms. The van der Waals surface area contributed by atoms with E-state index in [1.807, 2.05) is 0 Å². The second kappa shape index (κ2) is 6.67. The van der Waals surface area contributed by atoms with Gasteiger partial charge in [-0.15, -0.1) is 11.3 Å². The summed E-state index contributed by atoms with van der Waals surface area (Å²) in [5.41, 5.74) is -0.788. The average Bonchev–Trinajstić information content (AvgIpc) is 3.02. The lowest BCUT2D eigenvalue weighted by Crippen LogP contribution is -2.38. The number of thiophene rings is 1. The Hall–Kier alpha value is -1.93. The molecule has 0 fully saturated rings. The maximum atomic E-state index is 12.3. The van der Waals surface area contributed by atoms with Gasteiger partial charge in [0.25, 0.3) is 5.91 Å². The number of rotatable bonds is 6. The highest BCUT2D eigenvalue weighted by Crippen LogP contribution is 2.28. The van der Waals surface area contributed by atoms with Gasteiger partial charge in [-0.05, 0) is 38.3 Å². The Morgan fingerprint density at radius 2 is 2.22 bits per heavy atom. The van der Waals surface area contributed by atoms with E-state index in [9.17, 15) is 18.7 Å². The fraction of sp³-hybridized carbons (Fsp3) is 0.400. The van der Waals surface area contributed by atoms with E-state index in [1.54, 1.807) is 19.9 Å². The molecule has 0 aliphatic heterocycles. The van der Waals surface area contributed by atoms with Crippen LogP contribution in [0.4, 0.5) is 8.78 Å². The van der Waals surface area contributed by atoms with Gasteiger partial charge in [0.2, 0.25) is 0 Å². The summed E-state index contributed by atoms with van der Waals surface area (Å²) >= 11 is 0.983. The molecule has 0 saturated carbocycles. The lowest BCUT2D eigenvalue weighted by atomic mass is 9.96. The highest BCUT2D eigenvalue weighted by molar-refractivity contribution is 7.12. The summed E-state index contributed by atoms with van der Waals surface area (Å²) in [5.74, 6) is 0.431. The third-order valence-electron chi connectivity index (χ3n) is 3.27. The Morgan fingerprint density at radius 1 is 1.52 bits per heavy atom. The molecule has 2 rings (SSSR count). The molecule has 0 aliphatic carbocycles. The minimum absolute atomic E-state index is 0.0289. The van der Waals surface area contributed by atoms with Gasteiger partial charge in [0.1, 0.15) is 27.7 Å². The van der Waals surface area contributed by atoms with E-state index < -0.39 is 18.1 Å². The van der Waals surface area contributed by atoms with E-state index in [2.05, 4.69) is 10.1 Å². The molecular weight excluding hydrogens is 328 g/mol. The van der Waals surface area contributed by atoms with Crippen molar-refractivity contribution in [1.29, 1.82) is 0 Å². The van der Waals surface area contributed by atoms with Gasteiger partial charge < -0.3 is 19.6 Å². The van der Waals surface area contributed by atoms with Crippen molar-refractivity contribution in [2.24, 2.45) is 0 Å². The summed E-state index contributed by atoms with van der Waals surface area (Å²) in [7, 11) is 0. The van der Waals surface area contributed by atoms with Crippen molar-refractivity contribution < 1.29 is 27.8 Å². The van der Waals surface area contributed by atoms with Crippen LogP contribution in [0.25, 0.3) is 0 Å². The van der Waals surface area contributed by atoms with Gasteiger partial charge in [-0.25, -0.2) is 0 Å². The van der Waals surface area contributed by atoms with E-state index in [1.165, 1.54) is 18.4 Å². The smallest absolute Gasteiger partial charge is 0.387 e. The van der Waals surface area contributed by atoms with Crippen LogP contribution in [0.15, 0.2) is 21.9 Å². The van der Waals surface area contributed by atoms with E-state index in [0.717, 1.165) is 11.3 Å². The first-order valence-corrected chi connectivity index (χ1v) is 7.69. The van der Waals surface area contributed by atoms with Gasteiger partial charge in [0, 0.05) is 5.56 Å². The number of hydrogen-bond acceptors (Lipinski definition) is 5. The van der Waals surface area contributed by atoms with Gasteiger partial charge in [-0.2, -0.15) is 8.78 Å². The summed E-state index contributed by atoms with van der Waals surface area (Å²) in [6, 6.07) is 2.99. The molecule has 2 aromatic rings. The molecule has 23 heavy (non-hydrogen) atoms. The average molecular weight is 345 g/mol. The molecule has 2 N–H and O–H groups in total. The zero-order chi connectivity index (χ0) is 17.2. The Balaban J connectivity index is 2.07. The largest absolute Gasteiger partial charge is 0.466 e. The lowest BCUT2D eigenvalue weighted by molar-refractivity contribution is -0.0498. The molecule has 126 valence electrons. The molecule has 1 amide bonds. The van der Waals surface area contributed by atoms with Crippen LogP contribution < -0.4 is 10.1 Å². The molecule has 0 saturated heterocycles. The predicted octanol–water partition coefficient (Wildman–Crippen LogP) is 3.20. The van der Waals surface area contributed by atoms with Crippen LogP contribution in [0.1, 0.15) is 33.7 Å². The number of carbonyl (C=O) groups excluding carboxylic acids is 1. The monoisotopic (exact) mass is 345 g/mol. The molecule has 0 aliphatic rings. The molecule has 2 aromatic heterocycles. The first-order chi connectivity index (χ1) is 10.7. The number of halogens is 2. The third-order valence-corrected chi connectivity index (χ3v) is 4.16. The number of hydrogen-bond donors (Lipinski definition) is 2. The van der Waals surface area contributed by atoms with Gasteiger partial charge >= 0.3 is 6.61 Å². The second-order valence-electron chi connectivity index (χ2n) is 5.28. The van der Waals surface area contributed by atoms with Crippen molar-refractivity contribution in [2.45, 2.75) is 33.0 Å². The molecule has 2 heterocycles. The minimum atomic E-state index is -3.00. The standard InChI is InChI=1S/C15H17F2NO4S/c1-8-6-10(9(2)21-8)15(3,20)7-18-13(19)12-11(4-5-23-12)22-14(16)17/h4-6,14,20H,7H2,1-3H3,(H,18,19)/t15-/m0/s1. The fourth-order valence-electron chi connectivity index (χ4n) is 2.25. The van der Waals surface area contributed by atoms with Crippen molar-refractivity contribution in [1.82, 2.24) is 5.32 Å². The number of aryl methyl sites for hydroxylation is 2. The normalized spacial score (nSPS) is 13.9. The van der Waals surface area contributed by atoms with E-state index in [-0.39, 0.29) is 17.2 Å². The van der Waals surface area contributed by atoms with E-state index in [4.69, 9.17) is 4.42 Å². The van der Waals surface area contributed by atoms with Crippen LogP contribution in [0.5, 0.6) is 5.75 Å². The molecule has 0 radical (unpaired) electrons. The first kappa shape index (κ1) is 17.4. The van der Waals surface area contributed by atoms with E-state index >= 15 is 0 Å². The summed E-state index contributed by atoms with van der Waals surface area (Å²) in [5, 5.41) is 14.5. The number of carbonyl (C=O) groups is 1. The Labute approximate surface area is 135 Å². The van der Waals surface area contributed by atoms with Crippen molar-refractivity contribution in [3.8, 4) is 5.75 Å². The lowest BCUT2D eigenvalue weighted by Gasteiger charge is -2.23. The van der Waals surface area contributed by atoms with Crippen LogP contribution in [-0.2, 0) is 5.60 Å². The van der Waals surface area contributed by atoms with Crippen LogP contribution in [-0.4, -0.2) is 24.2 Å². The number of nitrogens with one attached hydrogen (secondary N) is 1. The Kier molecular flexibility index (Phi) is 5.06. The van der Waals surface area contributed by atoms with Gasteiger partial charge in [0.15, 0.2) is 0 Å². The van der Waals surface area contributed by atoms with Crippen molar-refractivity contribution in [3.63, 3.8) is 0 Å². The van der Waals surface area contributed by atoms with Crippen LogP contribution in [0.3, 0.4) is 0 Å². The van der Waals surface area contributed by atoms with Gasteiger partial charge in [0.05, 0.1) is 6.54 Å². The molecule has 0 aromatic carbocycles. The molecule has 1 atom stereocenters. The summed E-state index contributed by atoms with van der Waals surface area (Å²) in [6.45, 7) is 1.90. The van der Waals surface area contributed by atoms with Crippen LogP contribution in [0, 0.1) is 13.8 Å². The quantitative estimate of drug-likeness (QED) is 0.843. The number of aliphatic hydroxyl groups is 1. The number of ether oxygens (including phenoxy) is 1. The second-order valence-corrected chi connectivity index (χ2v) is 6.19. The Bertz CT molecular complexity index is 693. The summed E-state index contributed by atoms with van der Waals surface area (Å²) in [6.07, 6.45) is 0. The number of furan rings is 1. The molecule has 0 unspecified atom stereocenters. The molecule has 5 nitrogen and oxygen atoms in total. The Morgan fingerprint density at radius 3 is 2.78 bits per heavy atom. The van der Waals surface area contributed by atoms with Crippen LogP contribution in [0.2, 0.25) is 0 Å². The SMILES string of the molecule is Cc1cc([C@@](C)(O)CNC(=O)c2sccc2OC(F)F)c(C)o1. The van der Waals surface area contributed by atoms with Gasteiger partial charge in [-0.3, -0.25) is 4.79 Å². The molecule has 8 heteroatoms. The fourth-order valence-corrected chi connectivity index (χ4v) is 2.98. The molecule has 0 spiro atoms. The van der Waals surface area contributed by atoms with Crippen LogP contribution >= 0.6 is 11.3 Å². The zero-order valence-electron chi connectivity index (χ0n) is 12.9. The van der Waals surface area contributed by atoms with Crippen molar-refractivity contribution >= 4 is 17.2 Å². The van der Waals surface area contributed by atoms with Gasteiger partial charge in [-0.1, -0.05) is 0 Å². The maximum absolute atomic E-state index is 12.3. The highest BCUT2D eigenvalue weighted by atomic mass is 32.1. The van der Waals surface area contributed by atoms with E-state index in [0.29, 0.717) is 17.1 Å². The highest BCUT2D eigenvalue weighted by Gasteiger charge is 2.29. The third kappa shape index (κ3) is 4.08. The number of alkyl halides is 2. The summed E-state index contributed by atoms with van der Waals surface area (Å²) < 4.78 is 34.2. The summed E-state index contributed by atoms with van der Waals surface area (Å²) in [4.78, 5) is 12.1. The van der Waals surface area contributed by atoms with Crippen molar-refractivity contribution in [3.05, 3.63) is 39.5 Å². The topological polar surface area (TPSA) is 71.7 Å². The maximum Gasteiger partial charge on any atom is 0.387 e. The minimum Gasteiger partial charge on any atom is -0.466 e. The predicted molar refractivity (Wildman–Crippen MR) is 81.0 cm³/mol. The number of amides is 1. The molecular formula is C15H17F2NO4S.